The second-order valence-electron chi connectivity index (χ2n) is 7.28. The highest BCUT2D eigenvalue weighted by molar-refractivity contribution is 7.86. The maximum absolute atomic E-state index is 13.1. The van der Waals surface area contributed by atoms with Crippen LogP contribution >= 0.6 is 12.4 Å². The number of hydrogen-bond donors (Lipinski definition) is 1. The van der Waals surface area contributed by atoms with Gasteiger partial charge in [0.2, 0.25) is 0 Å². The fraction of sp³-hybridized carbons (Fsp3) is 0.647. The van der Waals surface area contributed by atoms with Crippen molar-refractivity contribution in [3.8, 4) is 0 Å². The number of morpholine rings is 1. The van der Waals surface area contributed by atoms with E-state index in [9.17, 15) is 8.42 Å². The summed E-state index contributed by atoms with van der Waals surface area (Å²) in [6, 6.07) is 10.1. The average Bonchev–Trinajstić information content (AvgIpc) is 3.00. The van der Waals surface area contributed by atoms with Crippen LogP contribution in [0, 0.1) is 5.92 Å². The van der Waals surface area contributed by atoms with E-state index in [4.69, 9.17) is 10.5 Å². The molecule has 2 N–H and O–H groups in total. The number of rotatable bonds is 4. The summed E-state index contributed by atoms with van der Waals surface area (Å²) in [4.78, 5) is 0. The molecule has 2 heterocycles. The lowest BCUT2D eigenvalue weighted by Crippen LogP contribution is -2.54. The minimum atomic E-state index is -3.49. The third-order valence-electron chi connectivity index (χ3n) is 4.98. The molecule has 0 unspecified atom stereocenters. The molecule has 8 heteroatoms. The van der Waals surface area contributed by atoms with Crippen LogP contribution in [0.2, 0.25) is 0 Å². The Morgan fingerprint density at radius 3 is 2.48 bits per heavy atom. The first-order chi connectivity index (χ1) is 11.3. The van der Waals surface area contributed by atoms with Crippen LogP contribution in [0.1, 0.15) is 25.3 Å². The smallest absolute Gasteiger partial charge is 0.282 e. The Kier molecular flexibility index (Phi) is 6.51. The molecule has 2 aliphatic rings. The molecule has 0 radical (unpaired) electrons. The highest BCUT2D eigenvalue weighted by atomic mass is 35.5. The zero-order valence-electron chi connectivity index (χ0n) is 14.8. The molecule has 1 aromatic carbocycles. The van der Waals surface area contributed by atoms with Crippen LogP contribution < -0.4 is 5.73 Å². The first-order valence-electron chi connectivity index (χ1n) is 8.48. The number of hydrogen-bond acceptors (Lipinski definition) is 4. The zero-order chi connectivity index (χ0) is 17.4. The molecule has 2 fully saturated rings. The van der Waals surface area contributed by atoms with Crippen molar-refractivity contribution in [1.29, 1.82) is 0 Å². The second kappa shape index (κ2) is 7.90. The highest BCUT2D eigenvalue weighted by Gasteiger charge is 2.43. The van der Waals surface area contributed by atoms with Crippen LogP contribution in [0.3, 0.4) is 0 Å². The van der Waals surface area contributed by atoms with Crippen molar-refractivity contribution in [2.75, 3.05) is 39.3 Å². The molecule has 0 aliphatic carbocycles. The SMILES string of the molecule is CC1(C)CN(S(=O)(=O)N2C[C@@H](CN)[C@H](c3ccccc3)C2)CCO1.Cl. The number of nitrogens with zero attached hydrogens (tertiary/aromatic N) is 2. The maximum Gasteiger partial charge on any atom is 0.282 e. The minimum Gasteiger partial charge on any atom is -0.373 e. The minimum absolute atomic E-state index is 0. The lowest BCUT2D eigenvalue weighted by Gasteiger charge is -2.38. The van der Waals surface area contributed by atoms with E-state index >= 15 is 0 Å². The van der Waals surface area contributed by atoms with E-state index in [0.717, 1.165) is 5.56 Å². The van der Waals surface area contributed by atoms with Crippen LogP contribution in [0.4, 0.5) is 0 Å². The molecule has 25 heavy (non-hydrogen) atoms. The van der Waals surface area contributed by atoms with Gasteiger partial charge in [-0.3, -0.25) is 0 Å². The molecule has 2 aliphatic heterocycles. The van der Waals surface area contributed by atoms with E-state index in [0.29, 0.717) is 39.3 Å². The van der Waals surface area contributed by atoms with E-state index in [2.05, 4.69) is 12.1 Å². The van der Waals surface area contributed by atoms with Gasteiger partial charge in [0.05, 0.1) is 12.2 Å². The molecular weight excluding hydrogens is 362 g/mol. The maximum atomic E-state index is 13.1. The third kappa shape index (κ3) is 4.35. The van der Waals surface area contributed by atoms with Gasteiger partial charge < -0.3 is 10.5 Å². The standard InChI is InChI=1S/C17H27N3O3S.ClH/c1-17(2)13-19(8-9-23-17)24(21,22)20-11-15(10-18)16(12-20)14-6-4-3-5-7-14;/h3-7,15-16H,8-13,18H2,1-2H3;1H/t15-,16+;/m1./s1. The molecule has 2 atom stereocenters. The fourth-order valence-corrected chi connectivity index (χ4v) is 5.50. The van der Waals surface area contributed by atoms with Crippen molar-refractivity contribution < 1.29 is 13.2 Å². The molecule has 142 valence electrons. The van der Waals surface area contributed by atoms with Crippen molar-refractivity contribution in [2.45, 2.75) is 25.4 Å². The van der Waals surface area contributed by atoms with Gasteiger partial charge in [-0.1, -0.05) is 30.3 Å². The van der Waals surface area contributed by atoms with Gasteiger partial charge in [-0.15, -0.1) is 12.4 Å². The summed E-state index contributed by atoms with van der Waals surface area (Å²) >= 11 is 0. The second-order valence-corrected chi connectivity index (χ2v) is 9.21. The van der Waals surface area contributed by atoms with Crippen LogP contribution in [0.15, 0.2) is 30.3 Å². The van der Waals surface area contributed by atoms with Crippen molar-refractivity contribution in [3.05, 3.63) is 35.9 Å². The van der Waals surface area contributed by atoms with Crippen molar-refractivity contribution in [2.24, 2.45) is 11.7 Å². The topological polar surface area (TPSA) is 75.9 Å². The van der Waals surface area contributed by atoms with Crippen molar-refractivity contribution in [3.63, 3.8) is 0 Å². The zero-order valence-corrected chi connectivity index (χ0v) is 16.4. The summed E-state index contributed by atoms with van der Waals surface area (Å²) in [5.41, 5.74) is 6.65. The first kappa shape index (κ1) is 20.6. The van der Waals surface area contributed by atoms with Crippen molar-refractivity contribution >= 4 is 22.6 Å². The molecule has 0 amide bonds. The first-order valence-corrected chi connectivity index (χ1v) is 9.87. The lowest BCUT2D eigenvalue weighted by atomic mass is 9.89. The summed E-state index contributed by atoms with van der Waals surface area (Å²) in [6.07, 6.45) is 0. The van der Waals surface area contributed by atoms with Gasteiger partial charge in [-0.05, 0) is 31.9 Å². The number of nitrogens with two attached hydrogens (primary N) is 1. The van der Waals surface area contributed by atoms with Gasteiger partial charge in [0, 0.05) is 32.1 Å². The van der Waals surface area contributed by atoms with Gasteiger partial charge in [-0.2, -0.15) is 17.0 Å². The van der Waals surface area contributed by atoms with E-state index in [1.54, 1.807) is 8.61 Å². The summed E-state index contributed by atoms with van der Waals surface area (Å²) in [5, 5.41) is 0. The average molecular weight is 390 g/mol. The number of ether oxygens (including phenoxy) is 1. The summed E-state index contributed by atoms with van der Waals surface area (Å²) < 4.78 is 34.9. The Bertz CT molecular complexity index is 669. The van der Waals surface area contributed by atoms with Gasteiger partial charge in [0.15, 0.2) is 0 Å². The Morgan fingerprint density at radius 2 is 1.88 bits per heavy atom. The van der Waals surface area contributed by atoms with Crippen LogP contribution in [-0.4, -0.2) is 62.0 Å². The molecule has 0 bridgehead atoms. The van der Waals surface area contributed by atoms with Gasteiger partial charge in [0.25, 0.3) is 10.2 Å². The molecule has 0 spiro atoms. The molecule has 0 saturated carbocycles. The van der Waals surface area contributed by atoms with E-state index in [1.165, 1.54) is 0 Å². The molecule has 3 rings (SSSR count). The quantitative estimate of drug-likeness (QED) is 0.845. The predicted octanol–water partition coefficient (Wildman–Crippen LogP) is 1.44. The number of halogens is 1. The normalized spacial score (nSPS) is 27.8. The van der Waals surface area contributed by atoms with E-state index in [-0.39, 0.29) is 24.2 Å². The Hall–Kier alpha value is -0.700. The largest absolute Gasteiger partial charge is 0.373 e. The molecule has 2 saturated heterocycles. The summed E-state index contributed by atoms with van der Waals surface area (Å²) in [7, 11) is -3.49. The summed E-state index contributed by atoms with van der Waals surface area (Å²) in [6.45, 7) is 6.54. The molecular formula is C17H28ClN3O3S. The third-order valence-corrected chi connectivity index (χ3v) is 6.90. The van der Waals surface area contributed by atoms with E-state index < -0.39 is 15.8 Å². The molecule has 0 aromatic heterocycles. The van der Waals surface area contributed by atoms with Crippen molar-refractivity contribution in [1.82, 2.24) is 8.61 Å². The van der Waals surface area contributed by atoms with E-state index in [1.807, 2.05) is 32.0 Å². The molecule has 1 aromatic rings. The van der Waals surface area contributed by atoms with Crippen LogP contribution in [0.5, 0.6) is 0 Å². The Labute approximate surface area is 156 Å². The van der Waals surface area contributed by atoms with Gasteiger partial charge in [-0.25, -0.2) is 0 Å². The molecule has 6 nitrogen and oxygen atoms in total. The fourth-order valence-electron chi connectivity index (χ4n) is 3.67. The Morgan fingerprint density at radius 1 is 1.20 bits per heavy atom. The van der Waals surface area contributed by atoms with Crippen LogP contribution in [-0.2, 0) is 14.9 Å². The number of benzene rings is 1. The summed E-state index contributed by atoms with van der Waals surface area (Å²) in [5.74, 6) is 0.302. The predicted molar refractivity (Wildman–Crippen MR) is 101 cm³/mol. The van der Waals surface area contributed by atoms with Gasteiger partial charge in [0.1, 0.15) is 0 Å². The highest BCUT2D eigenvalue weighted by Crippen LogP contribution is 2.34. The Balaban J connectivity index is 0.00000225. The van der Waals surface area contributed by atoms with Gasteiger partial charge >= 0.3 is 0 Å². The monoisotopic (exact) mass is 389 g/mol. The van der Waals surface area contributed by atoms with Crippen LogP contribution in [0.25, 0.3) is 0 Å². The lowest BCUT2D eigenvalue weighted by molar-refractivity contribution is -0.0651.